The van der Waals surface area contributed by atoms with Crippen LogP contribution in [0.4, 0.5) is 0 Å². The molecule has 78 valence electrons. The summed E-state index contributed by atoms with van der Waals surface area (Å²) >= 11 is 0. The van der Waals surface area contributed by atoms with Gasteiger partial charge in [0.25, 0.3) is 0 Å². The van der Waals surface area contributed by atoms with Crippen LogP contribution in [0.2, 0.25) is 0 Å². The predicted octanol–water partition coefficient (Wildman–Crippen LogP) is 2.31. The van der Waals surface area contributed by atoms with Gasteiger partial charge in [-0.25, -0.2) is 0 Å². The number of ether oxygens (including phenoxy) is 1. The molecule has 0 fully saturated rings. The van der Waals surface area contributed by atoms with Gasteiger partial charge in [-0.05, 0) is 25.1 Å². The molecule has 0 radical (unpaired) electrons. The number of rotatable bonds is 3. The minimum Gasteiger partial charge on any atom is -0.487 e. The molecule has 0 spiro atoms. The molecule has 1 heterocycles. The van der Waals surface area contributed by atoms with E-state index in [1.54, 1.807) is 4.68 Å². The van der Waals surface area contributed by atoms with Gasteiger partial charge in [0.1, 0.15) is 12.4 Å². The van der Waals surface area contributed by atoms with E-state index in [-0.39, 0.29) is 0 Å². The molecule has 0 N–H and O–H groups in total. The monoisotopic (exact) mass is 202 g/mol. The third-order valence-electron chi connectivity index (χ3n) is 2.18. The average Bonchev–Trinajstić information content (AvgIpc) is 2.64. The Kier molecular flexibility index (Phi) is 2.72. The van der Waals surface area contributed by atoms with E-state index in [1.165, 1.54) is 5.56 Å². The van der Waals surface area contributed by atoms with E-state index < -0.39 is 0 Å². The molecule has 0 bridgehead atoms. The highest BCUT2D eigenvalue weighted by molar-refractivity contribution is 5.26. The number of hydrogen-bond donors (Lipinski definition) is 0. The third kappa shape index (κ3) is 2.59. The lowest BCUT2D eigenvalue weighted by Crippen LogP contribution is -1.97. The Labute approximate surface area is 89.3 Å². The zero-order chi connectivity index (χ0) is 10.7. The van der Waals surface area contributed by atoms with Gasteiger partial charge in [0.05, 0.1) is 5.69 Å². The topological polar surface area (TPSA) is 27.1 Å². The zero-order valence-corrected chi connectivity index (χ0v) is 8.97. The maximum atomic E-state index is 5.58. The maximum Gasteiger partial charge on any atom is 0.132 e. The first-order valence-corrected chi connectivity index (χ1v) is 4.92. The van der Waals surface area contributed by atoms with Crippen molar-refractivity contribution in [3.05, 3.63) is 47.8 Å². The van der Waals surface area contributed by atoms with Gasteiger partial charge in [-0.3, -0.25) is 4.68 Å². The summed E-state index contributed by atoms with van der Waals surface area (Å²) in [4.78, 5) is 0. The molecule has 0 atom stereocenters. The van der Waals surface area contributed by atoms with Gasteiger partial charge in [-0.1, -0.05) is 17.7 Å². The summed E-state index contributed by atoms with van der Waals surface area (Å²) in [6.45, 7) is 2.58. The number of aromatic nitrogens is 2. The highest BCUT2D eigenvalue weighted by atomic mass is 16.5. The lowest BCUT2D eigenvalue weighted by molar-refractivity contribution is 0.300. The smallest absolute Gasteiger partial charge is 0.132 e. The molecular weight excluding hydrogens is 188 g/mol. The molecule has 0 saturated heterocycles. The minimum atomic E-state index is 0.518. The molecule has 0 aliphatic heterocycles. The van der Waals surface area contributed by atoms with E-state index in [0.29, 0.717) is 6.61 Å². The van der Waals surface area contributed by atoms with Crippen LogP contribution in [0.5, 0.6) is 5.75 Å². The third-order valence-corrected chi connectivity index (χ3v) is 2.18. The van der Waals surface area contributed by atoms with Gasteiger partial charge in [0.2, 0.25) is 0 Å². The molecule has 15 heavy (non-hydrogen) atoms. The highest BCUT2D eigenvalue weighted by Gasteiger charge is 1.98. The van der Waals surface area contributed by atoms with Crippen LogP contribution in [0.1, 0.15) is 11.3 Å². The predicted molar refractivity (Wildman–Crippen MR) is 58.7 cm³/mol. The van der Waals surface area contributed by atoms with E-state index in [0.717, 1.165) is 11.4 Å². The molecule has 2 aromatic rings. The normalized spacial score (nSPS) is 10.3. The van der Waals surface area contributed by atoms with Crippen molar-refractivity contribution in [2.45, 2.75) is 13.5 Å². The molecule has 0 aliphatic carbocycles. The highest BCUT2D eigenvalue weighted by Crippen LogP contribution is 2.12. The molecule has 0 saturated carbocycles. The Balaban J connectivity index is 1.96. The summed E-state index contributed by atoms with van der Waals surface area (Å²) in [5, 5.41) is 4.23. The molecule has 1 aromatic carbocycles. The van der Waals surface area contributed by atoms with Crippen molar-refractivity contribution >= 4 is 0 Å². The van der Waals surface area contributed by atoms with Crippen molar-refractivity contribution in [3.8, 4) is 5.75 Å². The fourth-order valence-corrected chi connectivity index (χ4v) is 1.33. The number of benzene rings is 1. The first kappa shape index (κ1) is 9.77. The summed E-state index contributed by atoms with van der Waals surface area (Å²) in [6, 6.07) is 9.96. The minimum absolute atomic E-state index is 0.518. The Hall–Kier alpha value is -1.77. The molecule has 0 amide bonds. The fourth-order valence-electron chi connectivity index (χ4n) is 1.33. The average molecular weight is 202 g/mol. The van der Waals surface area contributed by atoms with Crippen LogP contribution in [0, 0.1) is 6.92 Å². The van der Waals surface area contributed by atoms with Gasteiger partial charge in [-0.2, -0.15) is 5.10 Å². The molecular formula is C12H14N2O. The van der Waals surface area contributed by atoms with Crippen molar-refractivity contribution < 1.29 is 4.74 Å². The second kappa shape index (κ2) is 4.17. The Morgan fingerprint density at radius 1 is 1.20 bits per heavy atom. The van der Waals surface area contributed by atoms with Crippen LogP contribution in [0.15, 0.2) is 36.5 Å². The van der Waals surface area contributed by atoms with Crippen molar-refractivity contribution in [3.63, 3.8) is 0 Å². The van der Waals surface area contributed by atoms with Crippen LogP contribution in [0.3, 0.4) is 0 Å². The van der Waals surface area contributed by atoms with Crippen LogP contribution in [-0.2, 0) is 13.7 Å². The lowest BCUT2D eigenvalue weighted by atomic mass is 10.2. The van der Waals surface area contributed by atoms with E-state index in [1.807, 2.05) is 43.6 Å². The molecule has 0 aliphatic rings. The molecule has 1 aromatic heterocycles. The SMILES string of the molecule is Cc1ccc(OCc2ccn(C)n2)cc1. The van der Waals surface area contributed by atoms with Crippen molar-refractivity contribution in [1.29, 1.82) is 0 Å². The van der Waals surface area contributed by atoms with Gasteiger partial charge in [-0.15, -0.1) is 0 Å². The number of nitrogens with zero attached hydrogens (tertiary/aromatic N) is 2. The van der Waals surface area contributed by atoms with Gasteiger partial charge in [0, 0.05) is 13.2 Å². The van der Waals surface area contributed by atoms with Gasteiger partial charge < -0.3 is 4.74 Å². The fraction of sp³-hybridized carbons (Fsp3) is 0.250. The molecule has 2 rings (SSSR count). The van der Waals surface area contributed by atoms with E-state index in [9.17, 15) is 0 Å². The van der Waals surface area contributed by atoms with Crippen LogP contribution < -0.4 is 4.74 Å². The molecule has 3 nitrogen and oxygen atoms in total. The molecule has 0 unspecified atom stereocenters. The Morgan fingerprint density at radius 3 is 2.53 bits per heavy atom. The van der Waals surface area contributed by atoms with Crippen LogP contribution >= 0.6 is 0 Å². The van der Waals surface area contributed by atoms with Crippen molar-refractivity contribution in [1.82, 2.24) is 9.78 Å². The number of aryl methyl sites for hydroxylation is 2. The second-order valence-corrected chi connectivity index (χ2v) is 3.58. The van der Waals surface area contributed by atoms with Gasteiger partial charge in [0.15, 0.2) is 0 Å². The van der Waals surface area contributed by atoms with Crippen LogP contribution in [0.25, 0.3) is 0 Å². The first-order valence-electron chi connectivity index (χ1n) is 4.92. The van der Waals surface area contributed by atoms with Crippen molar-refractivity contribution in [2.24, 2.45) is 7.05 Å². The standard InChI is InChI=1S/C12H14N2O/c1-10-3-5-12(6-4-10)15-9-11-7-8-14(2)13-11/h3-8H,9H2,1-2H3. The summed E-state index contributed by atoms with van der Waals surface area (Å²) < 4.78 is 7.36. The second-order valence-electron chi connectivity index (χ2n) is 3.58. The molecule has 3 heteroatoms. The number of hydrogen-bond acceptors (Lipinski definition) is 2. The van der Waals surface area contributed by atoms with Crippen molar-refractivity contribution in [2.75, 3.05) is 0 Å². The van der Waals surface area contributed by atoms with E-state index in [4.69, 9.17) is 4.74 Å². The summed E-state index contributed by atoms with van der Waals surface area (Å²) in [5.41, 5.74) is 2.18. The summed E-state index contributed by atoms with van der Waals surface area (Å²) in [7, 11) is 1.90. The largest absolute Gasteiger partial charge is 0.487 e. The maximum absolute atomic E-state index is 5.58. The van der Waals surface area contributed by atoms with E-state index >= 15 is 0 Å². The quantitative estimate of drug-likeness (QED) is 0.763. The Morgan fingerprint density at radius 2 is 1.93 bits per heavy atom. The summed E-state index contributed by atoms with van der Waals surface area (Å²) in [5.74, 6) is 0.881. The summed E-state index contributed by atoms with van der Waals surface area (Å²) in [6.07, 6.45) is 1.91. The Bertz CT molecular complexity index is 431. The first-order chi connectivity index (χ1) is 7.24. The van der Waals surface area contributed by atoms with Crippen LogP contribution in [-0.4, -0.2) is 9.78 Å². The zero-order valence-electron chi connectivity index (χ0n) is 8.97. The van der Waals surface area contributed by atoms with Gasteiger partial charge >= 0.3 is 0 Å². The lowest BCUT2D eigenvalue weighted by Gasteiger charge is -2.03. The van der Waals surface area contributed by atoms with E-state index in [2.05, 4.69) is 12.0 Å².